The van der Waals surface area contributed by atoms with Gasteiger partial charge in [-0.25, -0.2) is 4.39 Å². The highest BCUT2D eigenvalue weighted by molar-refractivity contribution is 6.33. The SMILES string of the molecule is CC[C@@H](N)C(=O)Nc1ccc(F)cc1Cl. The van der Waals surface area contributed by atoms with E-state index in [1.807, 2.05) is 0 Å². The average Bonchev–Trinajstić information content (AvgIpc) is 2.20. The first-order chi connectivity index (χ1) is 7.04. The first kappa shape index (κ1) is 11.9. The summed E-state index contributed by atoms with van der Waals surface area (Å²) in [6, 6.07) is 3.18. The molecule has 3 N–H and O–H groups in total. The summed E-state index contributed by atoms with van der Waals surface area (Å²) >= 11 is 5.73. The molecular weight excluding hydrogens is 219 g/mol. The second-order valence-electron chi connectivity index (χ2n) is 3.13. The molecule has 5 heteroatoms. The number of amides is 1. The molecule has 0 saturated carbocycles. The Morgan fingerprint density at radius 3 is 2.87 bits per heavy atom. The number of halogens is 2. The molecule has 1 amide bonds. The molecule has 1 rings (SSSR count). The summed E-state index contributed by atoms with van der Waals surface area (Å²) in [6.07, 6.45) is 0.532. The molecule has 3 nitrogen and oxygen atoms in total. The van der Waals surface area contributed by atoms with E-state index in [-0.39, 0.29) is 10.9 Å². The van der Waals surface area contributed by atoms with Gasteiger partial charge in [-0.2, -0.15) is 0 Å². The minimum absolute atomic E-state index is 0.159. The monoisotopic (exact) mass is 230 g/mol. The van der Waals surface area contributed by atoms with Gasteiger partial charge in [0.25, 0.3) is 0 Å². The van der Waals surface area contributed by atoms with Gasteiger partial charge >= 0.3 is 0 Å². The maximum absolute atomic E-state index is 12.7. The van der Waals surface area contributed by atoms with Gasteiger partial charge in [0.15, 0.2) is 0 Å². The Kier molecular flexibility index (Phi) is 4.05. The van der Waals surface area contributed by atoms with Gasteiger partial charge in [-0.3, -0.25) is 4.79 Å². The molecule has 0 aromatic heterocycles. The van der Waals surface area contributed by atoms with Gasteiger partial charge in [0.1, 0.15) is 5.82 Å². The molecule has 0 saturated heterocycles. The highest BCUT2D eigenvalue weighted by Crippen LogP contribution is 2.22. The van der Waals surface area contributed by atoms with Gasteiger partial charge < -0.3 is 11.1 Å². The molecule has 0 heterocycles. The van der Waals surface area contributed by atoms with Crippen LogP contribution in [-0.2, 0) is 4.79 Å². The van der Waals surface area contributed by atoms with Gasteiger partial charge in [-0.15, -0.1) is 0 Å². The van der Waals surface area contributed by atoms with E-state index in [2.05, 4.69) is 5.32 Å². The van der Waals surface area contributed by atoms with Crippen molar-refractivity contribution in [2.75, 3.05) is 5.32 Å². The van der Waals surface area contributed by atoms with Crippen molar-refractivity contribution in [2.45, 2.75) is 19.4 Å². The minimum atomic E-state index is -0.578. The molecule has 1 aromatic rings. The maximum atomic E-state index is 12.7. The molecule has 82 valence electrons. The van der Waals surface area contributed by atoms with Crippen LogP contribution in [0.3, 0.4) is 0 Å². The molecule has 0 aliphatic carbocycles. The van der Waals surface area contributed by atoms with Crippen LogP contribution in [0.4, 0.5) is 10.1 Å². The van der Waals surface area contributed by atoms with Crippen molar-refractivity contribution in [1.29, 1.82) is 0 Å². The van der Waals surface area contributed by atoms with Crippen LogP contribution in [0.15, 0.2) is 18.2 Å². The second-order valence-corrected chi connectivity index (χ2v) is 3.54. The topological polar surface area (TPSA) is 55.1 Å². The van der Waals surface area contributed by atoms with Crippen molar-refractivity contribution < 1.29 is 9.18 Å². The van der Waals surface area contributed by atoms with Crippen LogP contribution in [0.5, 0.6) is 0 Å². The van der Waals surface area contributed by atoms with Crippen molar-refractivity contribution in [2.24, 2.45) is 5.73 Å². The van der Waals surface area contributed by atoms with Crippen molar-refractivity contribution in [3.63, 3.8) is 0 Å². The lowest BCUT2D eigenvalue weighted by Gasteiger charge is -2.11. The summed E-state index contributed by atoms with van der Waals surface area (Å²) in [7, 11) is 0. The lowest BCUT2D eigenvalue weighted by atomic mass is 10.2. The van der Waals surface area contributed by atoms with E-state index in [4.69, 9.17) is 17.3 Å². The van der Waals surface area contributed by atoms with E-state index in [0.29, 0.717) is 12.1 Å². The lowest BCUT2D eigenvalue weighted by Crippen LogP contribution is -2.34. The summed E-state index contributed by atoms with van der Waals surface area (Å²) in [5.74, 6) is -0.774. The summed E-state index contributed by atoms with van der Waals surface area (Å²) < 4.78 is 12.7. The number of benzene rings is 1. The molecule has 0 unspecified atom stereocenters. The molecule has 0 fully saturated rings. The summed E-state index contributed by atoms with van der Waals surface area (Å²) in [5, 5.41) is 2.68. The Hall–Kier alpha value is -1.13. The first-order valence-corrected chi connectivity index (χ1v) is 4.94. The van der Waals surface area contributed by atoms with E-state index < -0.39 is 11.9 Å². The van der Waals surface area contributed by atoms with Crippen LogP contribution in [0.2, 0.25) is 5.02 Å². The van der Waals surface area contributed by atoms with E-state index in [9.17, 15) is 9.18 Å². The van der Waals surface area contributed by atoms with E-state index in [1.165, 1.54) is 12.1 Å². The lowest BCUT2D eigenvalue weighted by molar-refractivity contribution is -0.117. The number of nitrogens with one attached hydrogen (secondary N) is 1. The quantitative estimate of drug-likeness (QED) is 0.836. The number of carbonyl (C=O) groups is 1. The molecule has 0 aliphatic rings. The van der Waals surface area contributed by atoms with Gasteiger partial charge in [0, 0.05) is 0 Å². The third-order valence-corrected chi connectivity index (χ3v) is 2.28. The Labute approximate surface area is 92.4 Å². The molecule has 0 bridgehead atoms. The van der Waals surface area contributed by atoms with E-state index >= 15 is 0 Å². The van der Waals surface area contributed by atoms with Crippen LogP contribution >= 0.6 is 11.6 Å². The highest BCUT2D eigenvalue weighted by Gasteiger charge is 2.12. The predicted octanol–water partition coefficient (Wildman–Crippen LogP) is 2.15. The van der Waals surface area contributed by atoms with Gasteiger partial charge in [-0.05, 0) is 24.6 Å². The molecular formula is C10H12ClFN2O. The predicted molar refractivity (Wildman–Crippen MR) is 58.3 cm³/mol. The van der Waals surface area contributed by atoms with Gasteiger partial charge in [0.2, 0.25) is 5.91 Å². The van der Waals surface area contributed by atoms with Crippen molar-refractivity contribution >= 4 is 23.2 Å². The van der Waals surface area contributed by atoms with Crippen molar-refractivity contribution in [3.8, 4) is 0 Å². The standard InChI is InChI=1S/C10H12ClFN2O/c1-2-8(13)10(15)14-9-4-3-6(12)5-7(9)11/h3-5,8H,2,13H2,1H3,(H,14,15)/t8-/m1/s1. The Balaban J connectivity index is 2.77. The van der Waals surface area contributed by atoms with Gasteiger partial charge in [-0.1, -0.05) is 18.5 Å². The normalized spacial score (nSPS) is 12.3. The Bertz CT molecular complexity index is 370. The fourth-order valence-corrected chi connectivity index (χ4v) is 1.22. The molecule has 0 spiro atoms. The molecule has 0 aliphatic heterocycles. The first-order valence-electron chi connectivity index (χ1n) is 4.56. The zero-order chi connectivity index (χ0) is 11.4. The van der Waals surface area contributed by atoms with E-state index in [1.54, 1.807) is 6.92 Å². The van der Waals surface area contributed by atoms with Crippen LogP contribution in [0.25, 0.3) is 0 Å². The smallest absolute Gasteiger partial charge is 0.241 e. The van der Waals surface area contributed by atoms with Crippen molar-refractivity contribution in [1.82, 2.24) is 0 Å². The summed E-state index contributed by atoms with van der Waals surface area (Å²) in [4.78, 5) is 11.4. The largest absolute Gasteiger partial charge is 0.323 e. The average molecular weight is 231 g/mol. The number of rotatable bonds is 3. The van der Waals surface area contributed by atoms with Crippen molar-refractivity contribution in [3.05, 3.63) is 29.0 Å². The summed E-state index contributed by atoms with van der Waals surface area (Å²) in [5.41, 5.74) is 5.88. The number of hydrogen-bond acceptors (Lipinski definition) is 2. The van der Waals surface area contributed by atoms with Crippen LogP contribution in [0, 0.1) is 5.82 Å². The number of nitrogens with two attached hydrogens (primary N) is 1. The third-order valence-electron chi connectivity index (χ3n) is 1.97. The van der Waals surface area contributed by atoms with Crippen LogP contribution in [-0.4, -0.2) is 11.9 Å². The summed E-state index contributed by atoms with van der Waals surface area (Å²) in [6.45, 7) is 1.80. The zero-order valence-electron chi connectivity index (χ0n) is 8.26. The molecule has 15 heavy (non-hydrogen) atoms. The Morgan fingerprint density at radius 2 is 2.33 bits per heavy atom. The third kappa shape index (κ3) is 3.18. The fourth-order valence-electron chi connectivity index (χ4n) is 1.00. The molecule has 0 radical (unpaired) electrons. The van der Waals surface area contributed by atoms with Crippen LogP contribution < -0.4 is 11.1 Å². The maximum Gasteiger partial charge on any atom is 0.241 e. The molecule has 1 aromatic carbocycles. The second kappa shape index (κ2) is 5.09. The van der Waals surface area contributed by atoms with Gasteiger partial charge in [0.05, 0.1) is 16.8 Å². The zero-order valence-corrected chi connectivity index (χ0v) is 9.01. The molecule has 1 atom stereocenters. The fraction of sp³-hybridized carbons (Fsp3) is 0.300. The number of hydrogen-bond donors (Lipinski definition) is 2. The minimum Gasteiger partial charge on any atom is -0.323 e. The van der Waals surface area contributed by atoms with Crippen LogP contribution in [0.1, 0.15) is 13.3 Å². The van der Waals surface area contributed by atoms with E-state index in [0.717, 1.165) is 6.07 Å². The number of carbonyl (C=O) groups excluding carboxylic acids is 1. The number of anilines is 1. The highest BCUT2D eigenvalue weighted by atomic mass is 35.5. The Morgan fingerprint density at radius 1 is 1.67 bits per heavy atom.